The third-order valence-corrected chi connectivity index (χ3v) is 7.64. The molecule has 2 aliphatic rings. The van der Waals surface area contributed by atoms with Crippen LogP contribution in [0.5, 0.6) is 0 Å². The van der Waals surface area contributed by atoms with E-state index >= 15 is 0 Å². The van der Waals surface area contributed by atoms with Gasteiger partial charge in [-0.1, -0.05) is 12.1 Å². The van der Waals surface area contributed by atoms with Crippen molar-refractivity contribution < 1.29 is 84.7 Å². The van der Waals surface area contributed by atoms with Crippen LogP contribution in [0.25, 0.3) is 28.2 Å². The lowest BCUT2D eigenvalue weighted by Gasteiger charge is -2.34. The van der Waals surface area contributed by atoms with Crippen molar-refractivity contribution in [2.24, 2.45) is 0 Å². The summed E-state index contributed by atoms with van der Waals surface area (Å²) in [5, 5.41) is 10.5. The van der Waals surface area contributed by atoms with Gasteiger partial charge in [0.25, 0.3) is 0 Å². The number of halogens is 3. The Morgan fingerprint density at radius 2 is 2.02 bits per heavy atom. The molecule has 0 spiro atoms. The van der Waals surface area contributed by atoms with Gasteiger partial charge in [0.1, 0.15) is 5.82 Å². The molecule has 1 unspecified atom stereocenters. The summed E-state index contributed by atoms with van der Waals surface area (Å²) in [6.07, 6.45) is -3.04. The number of piperidine rings is 1. The van der Waals surface area contributed by atoms with E-state index in [2.05, 4.69) is 25.6 Å². The van der Waals surface area contributed by atoms with E-state index in [4.69, 9.17) is 80.0 Å². The molecule has 1 aromatic carbocycles. The van der Waals surface area contributed by atoms with Gasteiger partial charge >= 0.3 is 6.18 Å². The second-order valence-electron chi connectivity index (χ2n) is 10.3. The van der Waals surface area contributed by atoms with Gasteiger partial charge in [0.15, 0.2) is 5.69 Å². The minimum atomic E-state index is -4.66. The first-order valence-electron chi connectivity index (χ1n) is 35.5. The highest BCUT2D eigenvalue weighted by Gasteiger charge is 2.41. The second-order valence-corrected chi connectivity index (χ2v) is 10.3. The lowest BCUT2D eigenvalue weighted by Crippen LogP contribution is -2.44. The van der Waals surface area contributed by atoms with Crippen molar-refractivity contribution in [1.29, 1.82) is 0 Å². The fraction of sp³-hybridized carbons (Fsp3) is 0.481. The van der Waals surface area contributed by atoms with Crippen LogP contribution < -0.4 is 15.5 Å². The van der Waals surface area contributed by atoms with Gasteiger partial charge in [-0.2, -0.15) is 23.3 Å². The molecule has 2 atom stereocenters. The van der Waals surface area contributed by atoms with Crippen LogP contribution >= 0.6 is 0 Å². The Balaban J connectivity index is -0.0000000530. The van der Waals surface area contributed by atoms with Gasteiger partial charge in [0.05, 0.1) is 47.6 Å². The van der Waals surface area contributed by atoms with Crippen LogP contribution in [0.3, 0.4) is 0 Å². The van der Waals surface area contributed by atoms with Crippen molar-refractivity contribution in [1.82, 2.24) is 34.6 Å². The van der Waals surface area contributed by atoms with Crippen molar-refractivity contribution in [3.8, 4) is 17.2 Å². The number of nitrogens with zero attached hydrogens (tertiary/aromatic N) is 7. The Hall–Kier alpha value is -3.71. The molecule has 3 aromatic heterocycles. The van der Waals surface area contributed by atoms with Crippen molar-refractivity contribution in [3.63, 3.8) is 0 Å². The normalized spacial score (nSPS) is 24.7. The molecule has 0 radical (unpaired) electrons. The first kappa shape index (κ1) is 11.3. The third-order valence-electron chi connectivity index (χ3n) is 7.64. The zero-order chi connectivity index (χ0) is 72.0. The summed E-state index contributed by atoms with van der Waals surface area (Å²) in [6.45, 7) is 6.65. The molecule has 258 valence electrons. The molecule has 4 aromatic rings. The number of imidazole rings is 1. The molecule has 10 nitrogen and oxygen atoms in total. The maximum atomic E-state index is 14.5. The Kier molecular flexibility index (Phi) is 2.92. The fourth-order valence-corrected chi connectivity index (χ4v) is 5.68. The smallest absolute Gasteiger partial charge is 0.377 e. The molecular weight excluding hydrogens is 523 g/mol. The minimum absolute atomic E-state index is 0. The SMILES string of the molecule is CNc1nc2ccccc2n1-c1nc(-c2c(C(F)(F)F)nn(C3CCCNC3)c2C)cc(N2CCOC[C@H]2C)n1.[2HH].[2H][2H].[2H][2H].[2H][2H].[2H][2H].[2H][2H].[2H][2H].[2H][2H].[2H][2H].[2H][2H].[2H][2H].[2H][2H].[2H][2H].[2H][2H].[2H][2H].[2H][2H].[2H][2H].[2H][2H].[2H][2H].[2H][2H].[2H][2H].[2H][2H].[2H][2H]. The molecule has 2 saturated heterocycles. The summed E-state index contributed by atoms with van der Waals surface area (Å²) in [5.41, 5.74) is 1.08. The molecule has 2 fully saturated rings. The van der Waals surface area contributed by atoms with E-state index < -0.39 is 11.9 Å². The van der Waals surface area contributed by atoms with Crippen molar-refractivity contribution in [3.05, 3.63) is 41.7 Å². The van der Waals surface area contributed by atoms with Crippen LogP contribution in [0, 0.1) is 6.92 Å². The monoisotopic (exact) mass is 647 g/mol. The summed E-state index contributed by atoms with van der Waals surface area (Å²) in [5.74, 6) is 1.23. The van der Waals surface area contributed by atoms with Gasteiger partial charge < -0.3 is 20.3 Å². The van der Waals surface area contributed by atoms with E-state index in [9.17, 15) is 13.2 Å². The number of anilines is 2. The average Bonchev–Trinajstić information content (AvgIpc) is 4.21. The molecule has 6 rings (SSSR count). The van der Waals surface area contributed by atoms with E-state index in [0.717, 1.165) is 24.9 Å². The third kappa shape index (κ3) is 4.66. The van der Waals surface area contributed by atoms with Gasteiger partial charge in [0.2, 0.25) is 11.9 Å². The number of benzene rings is 1. The highest BCUT2D eigenvalue weighted by atomic mass is 19.4. The summed E-state index contributed by atoms with van der Waals surface area (Å²) in [4.78, 5) is 16.3. The summed E-state index contributed by atoms with van der Waals surface area (Å²) in [6, 6.07) is 8.97. The molecule has 2 aliphatic heterocycles. The Morgan fingerprint density at radius 1 is 1.20 bits per heavy atom. The predicted molar refractivity (Wildman–Crippen MR) is 195 cm³/mol. The highest BCUT2D eigenvalue weighted by molar-refractivity contribution is 5.81. The molecule has 5 heterocycles. The summed E-state index contributed by atoms with van der Waals surface area (Å²) >= 11 is 0. The topological polar surface area (TPSA) is 98.0 Å². The number of rotatable bonds is 5. The first-order valence-corrected chi connectivity index (χ1v) is 13.5. The Morgan fingerprint density at radius 3 is 2.75 bits per heavy atom. The lowest BCUT2D eigenvalue weighted by molar-refractivity contribution is -0.141. The molecule has 0 bridgehead atoms. The lowest BCUT2D eigenvalue weighted by atomic mass is 10.1. The highest BCUT2D eigenvalue weighted by Crippen LogP contribution is 2.40. The van der Waals surface area contributed by atoms with E-state index in [-0.39, 0.29) is 30.7 Å². The first-order chi connectivity index (χ1) is 41.3. The van der Waals surface area contributed by atoms with Crippen LogP contribution in [-0.2, 0) is 10.9 Å². The van der Waals surface area contributed by atoms with Crippen molar-refractivity contribution >= 4 is 22.8 Å². The molecule has 2 N–H and O–H groups in total. The van der Waals surface area contributed by atoms with Crippen LogP contribution in [-0.4, -0.2) is 75.2 Å². The van der Waals surface area contributed by atoms with E-state index in [0.29, 0.717) is 49.3 Å². The number of aromatic nitrogens is 6. The quantitative estimate of drug-likeness (QED) is 0.221. The molecular formula is C27H78F3N9O. The average molecular weight is 647 g/mol. The standard InChI is InChI=1S/C27H32F3N9O.23H2/c1-16-15-40-12-11-37(16)22-13-20(34-26(35-22)38-21-9-5-4-8-19(21)33-25(38)31-3)23-17(2)39(18-7-6-10-32-14-18)36-24(23)27(28,29)30;;;;;;;;;;;;;;;;;;;;;;;/h4-5,8-9,13,16,18,32H,6-7,10-12,14-15H2,1-3H3,(H,31,33);23*1H/t16-,18?;;;;;;;;;;;;;;;;;;;;;;;/m1......................./s1/i;22*1+1D;1+1. The van der Waals surface area contributed by atoms with Crippen molar-refractivity contribution in [2.75, 3.05) is 50.1 Å². The fourth-order valence-electron chi connectivity index (χ4n) is 5.68. The second kappa shape index (κ2) is 10.4. The molecule has 0 aliphatic carbocycles. The number of hydrogen-bond donors (Lipinski definition) is 2. The summed E-state index contributed by atoms with van der Waals surface area (Å²) in [7, 11) is 1.74. The number of alkyl halides is 3. The number of para-hydroxylation sites is 2. The van der Waals surface area contributed by atoms with E-state index in [1.54, 1.807) is 24.6 Å². The molecule has 40 heavy (non-hydrogen) atoms. The zero-order valence-electron chi connectivity index (χ0n) is 66.7. The Labute approximate surface area is 298 Å². The van der Waals surface area contributed by atoms with E-state index in [1.165, 1.54) is 4.68 Å². The maximum Gasteiger partial charge on any atom is 0.435 e. The molecule has 0 saturated carbocycles. The van der Waals surface area contributed by atoms with Gasteiger partial charge in [-0.15, -0.1) is 0 Å². The molecule has 0 amide bonds. The number of nitrogens with one attached hydrogen (secondary N) is 2. The van der Waals surface area contributed by atoms with Crippen LogP contribution in [0.15, 0.2) is 30.3 Å². The predicted octanol–water partition coefficient (Wildman–Crippen LogP) is 9.86. The minimum Gasteiger partial charge on any atom is -0.377 e. The van der Waals surface area contributed by atoms with Gasteiger partial charge in [0, 0.05) is 98.7 Å². The van der Waals surface area contributed by atoms with Gasteiger partial charge in [-0.05, 0) is 45.4 Å². The largest absolute Gasteiger partial charge is 0.435 e. The maximum absolute atomic E-state index is 14.5. The van der Waals surface area contributed by atoms with Crippen molar-refractivity contribution in [2.45, 2.75) is 44.9 Å². The number of ether oxygens (including phenoxy) is 1. The Bertz CT molecular complexity index is 1610. The van der Waals surface area contributed by atoms with E-state index in [1.807, 2.05) is 31.2 Å². The van der Waals surface area contributed by atoms with Gasteiger partial charge in [-0.3, -0.25) is 4.68 Å². The number of fused-ring (bicyclic) bond motifs is 1. The van der Waals surface area contributed by atoms with Crippen LogP contribution in [0.1, 0.15) is 104 Å². The van der Waals surface area contributed by atoms with Crippen LogP contribution in [0.2, 0.25) is 0 Å². The zero-order valence-corrected chi connectivity index (χ0v) is 22.7. The van der Waals surface area contributed by atoms with Crippen LogP contribution in [0.4, 0.5) is 24.9 Å². The number of hydrogen-bond acceptors (Lipinski definition) is 8. The molecule has 13 heteroatoms. The summed E-state index contributed by atoms with van der Waals surface area (Å²) < 4.78 is 272. The number of morpholine rings is 1. The van der Waals surface area contributed by atoms with Gasteiger partial charge in [-0.25, -0.2) is 14.5 Å².